The number of aliphatic hydroxyl groups excluding tert-OH is 1. The molecule has 1 fully saturated rings. The highest BCUT2D eigenvalue weighted by atomic mass is 32.1. The van der Waals surface area contributed by atoms with Gasteiger partial charge in [-0.2, -0.15) is 0 Å². The van der Waals surface area contributed by atoms with E-state index < -0.39 is 6.10 Å². The third-order valence-corrected chi connectivity index (χ3v) is 3.76. The molecule has 1 aliphatic carbocycles. The van der Waals surface area contributed by atoms with Crippen LogP contribution in [0, 0.1) is 5.92 Å². The molecule has 2 nitrogen and oxygen atoms in total. The van der Waals surface area contributed by atoms with Crippen LogP contribution in [0.15, 0.2) is 17.5 Å². The Balaban J connectivity index is 2.10. The van der Waals surface area contributed by atoms with Gasteiger partial charge in [0, 0.05) is 17.2 Å². The average Bonchev–Trinajstić information content (AvgIpc) is 2.70. The Morgan fingerprint density at radius 1 is 1.50 bits per heavy atom. The Morgan fingerprint density at radius 3 is 3.00 bits per heavy atom. The lowest BCUT2D eigenvalue weighted by Gasteiger charge is -2.24. The van der Waals surface area contributed by atoms with Gasteiger partial charge in [-0.15, -0.1) is 11.3 Å². The van der Waals surface area contributed by atoms with Crippen LogP contribution in [-0.2, 0) is 4.79 Å². The molecule has 1 heterocycles. The maximum absolute atomic E-state index is 11.6. The van der Waals surface area contributed by atoms with E-state index in [1.807, 2.05) is 17.5 Å². The molecule has 14 heavy (non-hydrogen) atoms. The average molecular weight is 210 g/mol. The summed E-state index contributed by atoms with van der Waals surface area (Å²) in [6.45, 7) is 0. The quantitative estimate of drug-likeness (QED) is 0.814. The van der Waals surface area contributed by atoms with Gasteiger partial charge in [0.15, 0.2) is 0 Å². The molecule has 1 saturated carbocycles. The van der Waals surface area contributed by atoms with Gasteiger partial charge in [0.2, 0.25) is 0 Å². The van der Waals surface area contributed by atoms with Gasteiger partial charge in [-0.05, 0) is 24.3 Å². The molecule has 1 N–H and O–H groups in total. The molecule has 0 bridgehead atoms. The molecule has 0 radical (unpaired) electrons. The van der Waals surface area contributed by atoms with Crippen molar-refractivity contribution in [3.8, 4) is 0 Å². The van der Waals surface area contributed by atoms with E-state index in [2.05, 4.69) is 0 Å². The molecule has 0 saturated heterocycles. The zero-order valence-corrected chi connectivity index (χ0v) is 8.80. The normalized spacial score (nSPS) is 24.9. The van der Waals surface area contributed by atoms with Crippen molar-refractivity contribution in [2.75, 3.05) is 0 Å². The zero-order chi connectivity index (χ0) is 9.97. The highest BCUT2D eigenvalue weighted by Gasteiger charge is 2.30. The highest BCUT2D eigenvalue weighted by Crippen LogP contribution is 2.33. The minimum Gasteiger partial charge on any atom is -0.387 e. The summed E-state index contributed by atoms with van der Waals surface area (Å²) in [7, 11) is 0. The number of aliphatic hydroxyl groups is 1. The van der Waals surface area contributed by atoms with Crippen molar-refractivity contribution < 1.29 is 9.90 Å². The standard InChI is InChI=1S/C11H14O2S/c12-9-5-2-1-4-8(9)11(13)10-6-3-7-14-10/h3,6-8,11,13H,1-2,4-5H2/t8-,11-/m1/s1. The van der Waals surface area contributed by atoms with Crippen molar-refractivity contribution in [1.82, 2.24) is 0 Å². The fourth-order valence-corrected chi connectivity index (χ4v) is 2.78. The van der Waals surface area contributed by atoms with Crippen molar-refractivity contribution in [3.05, 3.63) is 22.4 Å². The first kappa shape index (κ1) is 9.87. The van der Waals surface area contributed by atoms with Gasteiger partial charge < -0.3 is 5.11 Å². The van der Waals surface area contributed by atoms with Crippen molar-refractivity contribution in [2.45, 2.75) is 31.8 Å². The Labute approximate surface area is 87.6 Å². The fraction of sp³-hybridized carbons (Fsp3) is 0.545. The second-order valence-corrected chi connectivity index (χ2v) is 4.76. The van der Waals surface area contributed by atoms with Gasteiger partial charge >= 0.3 is 0 Å². The molecule has 1 aromatic heterocycles. The van der Waals surface area contributed by atoms with Gasteiger partial charge in [-0.3, -0.25) is 4.79 Å². The summed E-state index contributed by atoms with van der Waals surface area (Å²) in [4.78, 5) is 12.5. The number of thiophene rings is 1. The van der Waals surface area contributed by atoms with E-state index in [1.165, 1.54) is 11.3 Å². The molecule has 2 atom stereocenters. The number of Topliss-reactive ketones (excluding diaryl/α,β-unsaturated/α-hetero) is 1. The predicted octanol–water partition coefficient (Wildman–Crippen LogP) is 2.54. The fourth-order valence-electron chi connectivity index (χ4n) is 2.00. The molecule has 2 rings (SSSR count). The lowest BCUT2D eigenvalue weighted by atomic mass is 9.83. The number of hydrogen-bond donors (Lipinski definition) is 1. The predicted molar refractivity (Wildman–Crippen MR) is 56.2 cm³/mol. The molecule has 3 heteroatoms. The van der Waals surface area contributed by atoms with Gasteiger partial charge in [-0.25, -0.2) is 0 Å². The number of rotatable bonds is 2. The molecule has 0 unspecified atom stereocenters. The van der Waals surface area contributed by atoms with Gasteiger partial charge in [0.05, 0.1) is 6.10 Å². The number of carbonyl (C=O) groups excluding carboxylic acids is 1. The monoisotopic (exact) mass is 210 g/mol. The van der Waals surface area contributed by atoms with E-state index in [0.29, 0.717) is 6.42 Å². The largest absolute Gasteiger partial charge is 0.387 e. The van der Waals surface area contributed by atoms with Crippen molar-refractivity contribution in [1.29, 1.82) is 0 Å². The first-order chi connectivity index (χ1) is 6.79. The van der Waals surface area contributed by atoms with Crippen molar-refractivity contribution >= 4 is 17.1 Å². The van der Waals surface area contributed by atoms with E-state index >= 15 is 0 Å². The summed E-state index contributed by atoms with van der Waals surface area (Å²) >= 11 is 1.52. The van der Waals surface area contributed by atoms with Crippen molar-refractivity contribution in [3.63, 3.8) is 0 Å². The minimum atomic E-state index is -0.567. The highest BCUT2D eigenvalue weighted by molar-refractivity contribution is 7.10. The zero-order valence-electron chi connectivity index (χ0n) is 7.98. The van der Waals surface area contributed by atoms with Crippen molar-refractivity contribution in [2.24, 2.45) is 5.92 Å². The van der Waals surface area contributed by atoms with Crippen LogP contribution < -0.4 is 0 Å². The first-order valence-electron chi connectivity index (χ1n) is 5.03. The van der Waals surface area contributed by atoms with Crippen LogP contribution in [0.25, 0.3) is 0 Å². The van der Waals surface area contributed by atoms with Gasteiger partial charge in [0.25, 0.3) is 0 Å². The van der Waals surface area contributed by atoms with Crippen LogP contribution in [0.5, 0.6) is 0 Å². The Hall–Kier alpha value is -0.670. The molecule has 0 spiro atoms. The van der Waals surface area contributed by atoms with E-state index in [-0.39, 0.29) is 11.7 Å². The second kappa shape index (κ2) is 4.24. The molecule has 0 aliphatic heterocycles. The van der Waals surface area contributed by atoms with Crippen LogP contribution in [0.4, 0.5) is 0 Å². The topological polar surface area (TPSA) is 37.3 Å². The summed E-state index contributed by atoms with van der Waals surface area (Å²) in [6.07, 6.45) is 2.99. The van der Waals surface area contributed by atoms with Crippen LogP contribution in [0.3, 0.4) is 0 Å². The maximum Gasteiger partial charge on any atom is 0.138 e. The Kier molecular flexibility index (Phi) is 2.99. The Morgan fingerprint density at radius 2 is 2.36 bits per heavy atom. The SMILES string of the molecule is O=C1CCCC[C@H]1[C@@H](O)c1cccs1. The molecule has 0 aromatic carbocycles. The summed E-state index contributed by atoms with van der Waals surface area (Å²) in [5, 5.41) is 11.9. The molecular weight excluding hydrogens is 196 g/mol. The third kappa shape index (κ3) is 1.88. The maximum atomic E-state index is 11.6. The summed E-state index contributed by atoms with van der Waals surface area (Å²) < 4.78 is 0. The van der Waals surface area contributed by atoms with Gasteiger partial charge in [0.1, 0.15) is 5.78 Å². The second-order valence-electron chi connectivity index (χ2n) is 3.78. The van der Waals surface area contributed by atoms with E-state index in [0.717, 1.165) is 24.1 Å². The van der Waals surface area contributed by atoms with E-state index in [1.54, 1.807) is 0 Å². The molecule has 1 aliphatic rings. The van der Waals surface area contributed by atoms with E-state index in [9.17, 15) is 9.90 Å². The Bertz CT molecular complexity index is 305. The molecular formula is C11H14O2S. The number of ketones is 1. The third-order valence-electron chi connectivity index (χ3n) is 2.82. The lowest BCUT2D eigenvalue weighted by Crippen LogP contribution is -2.25. The smallest absolute Gasteiger partial charge is 0.138 e. The van der Waals surface area contributed by atoms with Crippen LogP contribution >= 0.6 is 11.3 Å². The summed E-state index contributed by atoms with van der Waals surface area (Å²) in [6, 6.07) is 3.81. The van der Waals surface area contributed by atoms with Crippen LogP contribution in [0.1, 0.15) is 36.7 Å². The van der Waals surface area contributed by atoms with Gasteiger partial charge in [-0.1, -0.05) is 12.5 Å². The summed E-state index contributed by atoms with van der Waals surface area (Å²) in [5.74, 6) is 0.0829. The number of carbonyl (C=O) groups is 1. The van der Waals surface area contributed by atoms with Crippen LogP contribution in [-0.4, -0.2) is 10.9 Å². The molecule has 76 valence electrons. The summed E-state index contributed by atoms with van der Waals surface area (Å²) in [5.41, 5.74) is 0. The molecule has 0 amide bonds. The van der Waals surface area contributed by atoms with Crippen LogP contribution in [0.2, 0.25) is 0 Å². The minimum absolute atomic E-state index is 0.151. The lowest BCUT2D eigenvalue weighted by molar-refractivity contribution is -0.128. The number of hydrogen-bond acceptors (Lipinski definition) is 3. The first-order valence-corrected chi connectivity index (χ1v) is 5.91. The van der Waals surface area contributed by atoms with E-state index in [4.69, 9.17) is 0 Å². The molecule has 1 aromatic rings.